The van der Waals surface area contributed by atoms with E-state index in [2.05, 4.69) is 5.32 Å². The standard InChI is InChI=1S/C36H36N2O7/c1-15-10-19-16(2)33(40)27-21(38-14-17-6-8-18(9-7-17)36(37)42)12-23(43-3)29-30-24(44-4)13-22(39)28-32(30)26(25(19)31(27)29)20(11-15)35(45-5)34(28)41/h10,12-13,17-18,38,41H,6-9,11,14H2,1-5H3,(H2,37,42). The van der Waals surface area contributed by atoms with Crippen molar-refractivity contribution < 1.29 is 24.1 Å². The number of nitrogens with two attached hydrogens (primary N) is 1. The van der Waals surface area contributed by atoms with Gasteiger partial charge in [-0.1, -0.05) is 11.6 Å². The van der Waals surface area contributed by atoms with E-state index in [0.29, 0.717) is 68.6 Å². The van der Waals surface area contributed by atoms with E-state index in [9.17, 15) is 19.5 Å². The molecule has 1 saturated carbocycles. The molecule has 1 amide bonds. The lowest BCUT2D eigenvalue weighted by atomic mass is 9.81. The molecule has 0 aromatic heterocycles. The van der Waals surface area contributed by atoms with Gasteiger partial charge in [0.1, 0.15) is 11.5 Å². The molecule has 0 saturated heterocycles. The van der Waals surface area contributed by atoms with Crippen molar-refractivity contribution >= 4 is 60.8 Å². The minimum absolute atomic E-state index is 0.0832. The van der Waals surface area contributed by atoms with Crippen LogP contribution in [0, 0.1) is 18.8 Å². The first kappa shape index (κ1) is 29.0. The van der Waals surface area contributed by atoms with Crippen molar-refractivity contribution in [2.75, 3.05) is 33.2 Å². The molecule has 7 rings (SSSR count). The quantitative estimate of drug-likeness (QED) is 0.160. The molecule has 232 valence electrons. The Morgan fingerprint density at radius 1 is 0.867 bits per heavy atom. The van der Waals surface area contributed by atoms with Gasteiger partial charge in [0, 0.05) is 63.0 Å². The highest BCUT2D eigenvalue weighted by Crippen LogP contribution is 2.54. The van der Waals surface area contributed by atoms with Crippen LogP contribution in [0.2, 0.25) is 0 Å². The first-order chi connectivity index (χ1) is 21.6. The Bertz CT molecular complexity index is 2210. The molecule has 0 spiro atoms. The summed E-state index contributed by atoms with van der Waals surface area (Å²) in [5.41, 5.74) is 8.85. The predicted octanol–water partition coefficient (Wildman–Crippen LogP) is 5.60. The Hall–Kier alpha value is -4.79. The van der Waals surface area contributed by atoms with Crippen molar-refractivity contribution in [3.05, 3.63) is 54.8 Å². The summed E-state index contributed by atoms with van der Waals surface area (Å²) in [6.45, 7) is 4.46. The number of nitrogens with one attached hydrogen (secondary N) is 1. The Morgan fingerprint density at radius 3 is 2.13 bits per heavy atom. The number of phenols is 1. The monoisotopic (exact) mass is 608 g/mol. The van der Waals surface area contributed by atoms with Crippen LogP contribution in [0.5, 0.6) is 23.0 Å². The van der Waals surface area contributed by atoms with E-state index in [1.165, 1.54) is 20.3 Å². The number of aromatic hydroxyl groups is 1. The number of carbonyl (C=O) groups is 1. The Balaban J connectivity index is 1.63. The van der Waals surface area contributed by atoms with Gasteiger partial charge in [0.05, 0.1) is 32.1 Å². The molecule has 0 bridgehead atoms. The average Bonchev–Trinajstić information content (AvgIpc) is 3.18. The third-order valence-electron chi connectivity index (χ3n) is 10.1. The average molecular weight is 609 g/mol. The number of benzene rings is 5. The van der Waals surface area contributed by atoms with E-state index in [1.807, 2.05) is 26.0 Å². The second-order valence-corrected chi connectivity index (χ2v) is 12.6. The van der Waals surface area contributed by atoms with Gasteiger partial charge in [0.25, 0.3) is 0 Å². The van der Waals surface area contributed by atoms with Gasteiger partial charge in [0.15, 0.2) is 22.4 Å². The highest BCUT2D eigenvalue weighted by atomic mass is 16.5. The number of hydrogen-bond donors (Lipinski definition) is 3. The lowest BCUT2D eigenvalue weighted by Gasteiger charge is -2.28. The summed E-state index contributed by atoms with van der Waals surface area (Å²) in [5.74, 6) is 0.883. The number of allylic oxidation sites excluding steroid dienone is 1. The van der Waals surface area contributed by atoms with Gasteiger partial charge in [-0.25, -0.2) is 0 Å². The van der Waals surface area contributed by atoms with Crippen molar-refractivity contribution in [3.8, 4) is 23.0 Å². The van der Waals surface area contributed by atoms with Gasteiger partial charge in [-0.3, -0.25) is 14.4 Å². The van der Waals surface area contributed by atoms with E-state index in [4.69, 9.17) is 19.9 Å². The van der Waals surface area contributed by atoms with Crippen LogP contribution in [-0.4, -0.2) is 38.9 Å². The molecular weight excluding hydrogens is 572 g/mol. The van der Waals surface area contributed by atoms with Gasteiger partial charge < -0.3 is 30.4 Å². The maximum absolute atomic E-state index is 14.4. The van der Waals surface area contributed by atoms with Crippen molar-refractivity contribution in [1.29, 1.82) is 0 Å². The summed E-state index contributed by atoms with van der Waals surface area (Å²) in [7, 11) is 4.58. The fraction of sp³-hybridized carbons (Fsp3) is 0.361. The van der Waals surface area contributed by atoms with E-state index in [-0.39, 0.29) is 39.6 Å². The minimum atomic E-state index is -0.389. The fourth-order valence-corrected chi connectivity index (χ4v) is 7.96. The number of carbonyl (C=O) groups excluding carboxylic acids is 1. The number of amides is 1. The number of anilines is 1. The van der Waals surface area contributed by atoms with Gasteiger partial charge in [0.2, 0.25) is 5.91 Å². The summed E-state index contributed by atoms with van der Waals surface area (Å²) >= 11 is 0. The number of rotatable bonds is 7. The second kappa shape index (κ2) is 10.4. The van der Waals surface area contributed by atoms with E-state index in [0.717, 1.165) is 53.2 Å². The molecule has 45 heavy (non-hydrogen) atoms. The normalized spacial score (nSPS) is 18.1. The molecule has 1 fully saturated rings. The largest absolute Gasteiger partial charge is 0.504 e. The van der Waals surface area contributed by atoms with Crippen LogP contribution in [0.3, 0.4) is 0 Å². The van der Waals surface area contributed by atoms with Crippen LogP contribution >= 0.6 is 0 Å². The molecular formula is C36H36N2O7. The van der Waals surface area contributed by atoms with Gasteiger partial charge >= 0.3 is 0 Å². The zero-order chi connectivity index (χ0) is 31.9. The molecule has 0 aliphatic heterocycles. The molecule has 0 heterocycles. The van der Waals surface area contributed by atoms with Gasteiger partial charge in [-0.05, 0) is 68.2 Å². The predicted molar refractivity (Wildman–Crippen MR) is 178 cm³/mol. The molecule has 2 aliphatic rings. The molecule has 4 N–H and O–H groups in total. The van der Waals surface area contributed by atoms with Crippen LogP contribution in [0.4, 0.5) is 5.69 Å². The van der Waals surface area contributed by atoms with E-state index in [1.54, 1.807) is 7.11 Å². The molecule has 0 radical (unpaired) electrons. The van der Waals surface area contributed by atoms with Crippen LogP contribution in [0.25, 0.3) is 49.2 Å². The maximum atomic E-state index is 14.4. The number of ether oxygens (including phenoxy) is 3. The third-order valence-corrected chi connectivity index (χ3v) is 10.1. The zero-order valence-corrected chi connectivity index (χ0v) is 26.1. The Kier molecular flexibility index (Phi) is 6.69. The Labute approximate surface area is 259 Å². The first-order valence-corrected chi connectivity index (χ1v) is 15.3. The van der Waals surface area contributed by atoms with Crippen LogP contribution in [0.15, 0.2) is 27.3 Å². The van der Waals surface area contributed by atoms with Crippen LogP contribution in [-0.2, 0) is 11.2 Å². The number of fused-ring (bicyclic) bond motifs is 1. The van der Waals surface area contributed by atoms with Crippen molar-refractivity contribution in [1.82, 2.24) is 0 Å². The van der Waals surface area contributed by atoms with E-state index >= 15 is 0 Å². The maximum Gasteiger partial charge on any atom is 0.220 e. The summed E-state index contributed by atoms with van der Waals surface area (Å²) < 4.78 is 17.6. The molecule has 2 aliphatic carbocycles. The topological polar surface area (TPSA) is 137 Å². The first-order valence-electron chi connectivity index (χ1n) is 15.3. The Morgan fingerprint density at radius 2 is 1.51 bits per heavy atom. The van der Waals surface area contributed by atoms with Gasteiger partial charge in [-0.15, -0.1) is 0 Å². The van der Waals surface area contributed by atoms with Crippen molar-refractivity contribution in [2.24, 2.45) is 17.6 Å². The molecule has 9 nitrogen and oxygen atoms in total. The lowest BCUT2D eigenvalue weighted by Crippen LogP contribution is -2.29. The highest BCUT2D eigenvalue weighted by Gasteiger charge is 2.32. The van der Waals surface area contributed by atoms with Gasteiger partial charge in [-0.2, -0.15) is 0 Å². The summed E-state index contributed by atoms with van der Waals surface area (Å²) in [5, 5.41) is 19.9. The number of primary amides is 1. The second-order valence-electron chi connectivity index (χ2n) is 12.6. The fourth-order valence-electron chi connectivity index (χ4n) is 7.96. The van der Waals surface area contributed by atoms with E-state index < -0.39 is 0 Å². The third kappa shape index (κ3) is 4.02. The number of methoxy groups -OCH3 is 3. The van der Waals surface area contributed by atoms with Crippen LogP contribution < -0.4 is 36.1 Å². The smallest absolute Gasteiger partial charge is 0.220 e. The minimum Gasteiger partial charge on any atom is -0.504 e. The zero-order valence-electron chi connectivity index (χ0n) is 26.1. The van der Waals surface area contributed by atoms with Crippen LogP contribution in [0.1, 0.15) is 49.3 Å². The molecule has 5 aromatic carbocycles. The summed E-state index contributed by atoms with van der Waals surface area (Å²) in [6, 6.07) is 3.23. The SMILES string of the molecule is COc1c(O)c2c(=O)cc(OC)c3c4c(OC)cc(NCC5CCC(C(N)=O)CC5)c5c(=O)c(C)c6c(c(c1CC(C)=C6)c23)c54. The number of hydrogen-bond acceptors (Lipinski definition) is 8. The molecule has 9 heteroatoms. The summed E-state index contributed by atoms with van der Waals surface area (Å²) in [4.78, 5) is 39.7. The summed E-state index contributed by atoms with van der Waals surface area (Å²) in [6.07, 6.45) is 5.74. The number of phenolic OH excluding ortho intramolecular Hbond substituents is 1. The molecule has 0 unspecified atom stereocenters. The lowest BCUT2D eigenvalue weighted by molar-refractivity contribution is -0.122. The van der Waals surface area contributed by atoms with Crippen molar-refractivity contribution in [2.45, 2.75) is 46.0 Å². The molecule has 5 aromatic rings. The van der Waals surface area contributed by atoms with Crippen molar-refractivity contribution in [3.63, 3.8) is 0 Å². The highest BCUT2D eigenvalue weighted by molar-refractivity contribution is 6.39. The molecule has 0 atom stereocenters.